The first-order valence-electron chi connectivity index (χ1n) is 7.24. The van der Waals surface area contributed by atoms with Crippen LogP contribution in [0.15, 0.2) is 47.3 Å². The van der Waals surface area contributed by atoms with E-state index >= 15 is 0 Å². The Hall–Kier alpha value is -2.34. The highest BCUT2D eigenvalue weighted by Gasteiger charge is 2.17. The van der Waals surface area contributed by atoms with Crippen molar-refractivity contribution in [1.82, 2.24) is 15.6 Å². The Kier molecular flexibility index (Phi) is 5.55. The van der Waals surface area contributed by atoms with Gasteiger partial charge in [0.2, 0.25) is 0 Å². The van der Waals surface area contributed by atoms with Gasteiger partial charge in [-0.05, 0) is 37.6 Å². The van der Waals surface area contributed by atoms with Crippen LogP contribution in [0.3, 0.4) is 0 Å². The van der Waals surface area contributed by atoms with E-state index in [9.17, 15) is 9.90 Å². The molecular formula is C16H21N3O3. The van der Waals surface area contributed by atoms with Crippen LogP contribution in [0, 0.1) is 0 Å². The minimum atomic E-state index is -0.735. The third-order valence-electron chi connectivity index (χ3n) is 3.36. The van der Waals surface area contributed by atoms with Crippen LogP contribution in [0.2, 0.25) is 0 Å². The lowest BCUT2D eigenvalue weighted by Crippen LogP contribution is -2.42. The number of aliphatic hydroxyl groups excluding tert-OH is 1. The fraction of sp³-hybridized carbons (Fsp3) is 0.375. The number of aliphatic hydroxyl groups is 1. The van der Waals surface area contributed by atoms with Crippen LogP contribution in [0.25, 0.3) is 0 Å². The second-order valence-corrected chi connectivity index (χ2v) is 5.29. The second-order valence-electron chi connectivity index (χ2n) is 5.29. The molecule has 0 bridgehead atoms. The van der Waals surface area contributed by atoms with Gasteiger partial charge in [-0.3, -0.25) is 4.98 Å². The molecule has 0 aliphatic carbocycles. The first-order chi connectivity index (χ1) is 10.6. The third kappa shape index (κ3) is 4.60. The molecule has 6 heteroatoms. The van der Waals surface area contributed by atoms with E-state index in [1.807, 2.05) is 26.0 Å². The molecule has 6 nitrogen and oxygen atoms in total. The normalized spacial score (nSPS) is 14.9. The second kappa shape index (κ2) is 7.61. The molecule has 0 radical (unpaired) electrons. The van der Waals surface area contributed by atoms with Gasteiger partial charge in [-0.25, -0.2) is 4.79 Å². The van der Waals surface area contributed by atoms with Crippen molar-refractivity contribution < 1.29 is 14.3 Å². The number of hydrogen-bond donors (Lipinski definition) is 3. The number of amides is 2. The lowest BCUT2D eigenvalue weighted by Gasteiger charge is -2.19. The molecule has 0 unspecified atom stereocenters. The summed E-state index contributed by atoms with van der Waals surface area (Å²) in [4.78, 5) is 16.0. The van der Waals surface area contributed by atoms with Crippen molar-refractivity contribution in [3.63, 3.8) is 0 Å². The quantitative estimate of drug-likeness (QED) is 0.765. The summed E-state index contributed by atoms with van der Waals surface area (Å²) in [6.45, 7) is 3.72. The van der Waals surface area contributed by atoms with E-state index in [-0.39, 0.29) is 18.1 Å². The van der Waals surface area contributed by atoms with Crippen molar-refractivity contribution in [1.29, 1.82) is 0 Å². The number of nitrogens with one attached hydrogen (secondary N) is 2. The van der Waals surface area contributed by atoms with E-state index in [0.29, 0.717) is 12.2 Å². The maximum Gasteiger partial charge on any atom is 0.315 e. The Labute approximate surface area is 129 Å². The summed E-state index contributed by atoms with van der Waals surface area (Å²) >= 11 is 0. The van der Waals surface area contributed by atoms with Gasteiger partial charge in [-0.15, -0.1) is 0 Å². The van der Waals surface area contributed by atoms with Crippen molar-refractivity contribution in [2.75, 3.05) is 0 Å². The number of furan rings is 1. The lowest BCUT2D eigenvalue weighted by atomic mass is 10.1. The van der Waals surface area contributed by atoms with E-state index < -0.39 is 6.10 Å². The van der Waals surface area contributed by atoms with Gasteiger partial charge in [-0.1, -0.05) is 6.07 Å². The van der Waals surface area contributed by atoms with Crippen LogP contribution >= 0.6 is 0 Å². The number of hydrogen-bond acceptors (Lipinski definition) is 4. The number of aromatic nitrogens is 1. The van der Waals surface area contributed by atoms with Crippen molar-refractivity contribution in [2.24, 2.45) is 0 Å². The van der Waals surface area contributed by atoms with Crippen molar-refractivity contribution in [3.8, 4) is 0 Å². The molecule has 0 saturated heterocycles. The molecular weight excluding hydrogens is 282 g/mol. The van der Waals surface area contributed by atoms with Crippen LogP contribution in [0.5, 0.6) is 0 Å². The Morgan fingerprint density at radius 1 is 1.32 bits per heavy atom. The van der Waals surface area contributed by atoms with Gasteiger partial charge in [-0.2, -0.15) is 0 Å². The summed E-state index contributed by atoms with van der Waals surface area (Å²) < 4.78 is 5.14. The SMILES string of the molecule is C[C@H](C[C@H](O)c1ccco1)NC(=O)N[C@@H](C)c1cccnc1. The fourth-order valence-corrected chi connectivity index (χ4v) is 2.17. The van der Waals surface area contributed by atoms with Gasteiger partial charge < -0.3 is 20.2 Å². The molecule has 0 aliphatic heterocycles. The first kappa shape index (κ1) is 16.0. The van der Waals surface area contributed by atoms with Crippen LogP contribution in [0.1, 0.15) is 43.7 Å². The van der Waals surface area contributed by atoms with Crippen molar-refractivity contribution in [2.45, 2.75) is 38.5 Å². The van der Waals surface area contributed by atoms with E-state index in [2.05, 4.69) is 15.6 Å². The topological polar surface area (TPSA) is 87.4 Å². The minimum absolute atomic E-state index is 0.143. The standard InChI is InChI=1S/C16H21N3O3/c1-11(9-14(20)15-6-4-8-22-15)18-16(21)19-12(2)13-5-3-7-17-10-13/h3-8,10-12,14,20H,9H2,1-2H3,(H2,18,19,21)/t11-,12+,14+/m1/s1. The minimum Gasteiger partial charge on any atom is -0.467 e. The number of urea groups is 1. The molecule has 2 aromatic heterocycles. The average Bonchev–Trinajstić information content (AvgIpc) is 3.02. The maximum atomic E-state index is 12.0. The molecule has 0 saturated carbocycles. The Morgan fingerprint density at radius 2 is 2.14 bits per heavy atom. The average molecular weight is 303 g/mol. The predicted octanol–water partition coefficient (Wildman–Crippen LogP) is 2.55. The molecule has 3 atom stereocenters. The van der Waals surface area contributed by atoms with E-state index in [1.54, 1.807) is 24.5 Å². The van der Waals surface area contributed by atoms with Crippen molar-refractivity contribution >= 4 is 6.03 Å². The van der Waals surface area contributed by atoms with E-state index in [4.69, 9.17) is 4.42 Å². The summed E-state index contributed by atoms with van der Waals surface area (Å²) in [5.41, 5.74) is 0.931. The number of pyridine rings is 1. The van der Waals surface area contributed by atoms with Gasteiger partial charge in [0.1, 0.15) is 11.9 Å². The Bertz CT molecular complexity index is 572. The van der Waals surface area contributed by atoms with Gasteiger partial charge in [0.05, 0.1) is 12.3 Å². The number of carbonyl (C=O) groups is 1. The zero-order valence-corrected chi connectivity index (χ0v) is 12.7. The Balaban J connectivity index is 1.79. The highest BCUT2D eigenvalue weighted by atomic mass is 16.4. The molecule has 2 heterocycles. The number of rotatable bonds is 6. The van der Waals surface area contributed by atoms with Gasteiger partial charge in [0, 0.05) is 24.9 Å². The summed E-state index contributed by atoms with van der Waals surface area (Å²) in [6.07, 6.45) is 4.56. The number of carbonyl (C=O) groups excluding carboxylic acids is 1. The highest BCUT2D eigenvalue weighted by molar-refractivity contribution is 5.74. The van der Waals surface area contributed by atoms with Crippen LogP contribution < -0.4 is 10.6 Å². The highest BCUT2D eigenvalue weighted by Crippen LogP contribution is 2.18. The van der Waals surface area contributed by atoms with Crippen LogP contribution in [0.4, 0.5) is 4.79 Å². The molecule has 2 amide bonds. The van der Waals surface area contributed by atoms with Gasteiger partial charge >= 0.3 is 6.03 Å². The molecule has 0 spiro atoms. The third-order valence-corrected chi connectivity index (χ3v) is 3.36. The summed E-state index contributed by atoms with van der Waals surface area (Å²) in [7, 11) is 0. The molecule has 2 rings (SSSR count). The molecule has 3 N–H and O–H groups in total. The Morgan fingerprint density at radius 3 is 2.77 bits per heavy atom. The largest absolute Gasteiger partial charge is 0.467 e. The molecule has 0 aromatic carbocycles. The zero-order chi connectivity index (χ0) is 15.9. The van der Waals surface area contributed by atoms with Crippen LogP contribution in [-0.4, -0.2) is 22.2 Å². The molecule has 22 heavy (non-hydrogen) atoms. The predicted molar refractivity (Wildman–Crippen MR) is 82.1 cm³/mol. The van der Waals surface area contributed by atoms with E-state index in [1.165, 1.54) is 6.26 Å². The smallest absolute Gasteiger partial charge is 0.315 e. The molecule has 118 valence electrons. The maximum absolute atomic E-state index is 12.0. The van der Waals surface area contributed by atoms with Gasteiger partial charge in [0.15, 0.2) is 0 Å². The van der Waals surface area contributed by atoms with Crippen LogP contribution in [-0.2, 0) is 0 Å². The fourth-order valence-electron chi connectivity index (χ4n) is 2.17. The number of nitrogens with zero attached hydrogens (tertiary/aromatic N) is 1. The summed E-state index contributed by atoms with van der Waals surface area (Å²) in [6, 6.07) is 6.55. The van der Waals surface area contributed by atoms with Crippen molar-refractivity contribution in [3.05, 3.63) is 54.2 Å². The molecule has 0 fully saturated rings. The summed E-state index contributed by atoms with van der Waals surface area (Å²) in [5, 5.41) is 15.6. The monoisotopic (exact) mass is 303 g/mol. The molecule has 0 aliphatic rings. The first-order valence-corrected chi connectivity index (χ1v) is 7.24. The molecule has 2 aromatic rings. The lowest BCUT2D eigenvalue weighted by molar-refractivity contribution is 0.129. The van der Waals surface area contributed by atoms with E-state index in [0.717, 1.165) is 5.56 Å². The zero-order valence-electron chi connectivity index (χ0n) is 12.7. The summed E-state index contributed by atoms with van der Waals surface area (Å²) in [5.74, 6) is 0.498. The van der Waals surface area contributed by atoms with Gasteiger partial charge in [0.25, 0.3) is 0 Å².